The Morgan fingerprint density at radius 2 is 1.82 bits per heavy atom. The van der Waals surface area contributed by atoms with Gasteiger partial charge in [-0.1, -0.05) is 0 Å². The van der Waals surface area contributed by atoms with Crippen LogP contribution in [0.1, 0.15) is 0 Å². The molecule has 1 unspecified atom stereocenters. The summed E-state index contributed by atoms with van der Waals surface area (Å²) in [5.74, 6) is -4.33. The van der Waals surface area contributed by atoms with Crippen LogP contribution in [0.4, 0.5) is 17.6 Å². The van der Waals surface area contributed by atoms with E-state index in [-0.39, 0.29) is 23.1 Å². The summed E-state index contributed by atoms with van der Waals surface area (Å²) in [5.41, 5.74) is 1.26. The normalized spacial score (nSPS) is 22.9. The molecule has 0 aliphatic heterocycles. The average Bonchev–Trinajstić information content (AvgIpc) is 1.84. The second-order valence-electron chi connectivity index (χ2n) is 1.70. The summed E-state index contributed by atoms with van der Waals surface area (Å²) in [6.45, 7) is 0. The summed E-state index contributed by atoms with van der Waals surface area (Å²) >= 11 is 0. The van der Waals surface area contributed by atoms with Gasteiger partial charge >= 0.3 is 0 Å². The van der Waals surface area contributed by atoms with Crippen LogP contribution in [0.25, 0.3) is 0 Å². The van der Waals surface area contributed by atoms with Crippen LogP contribution >= 0.6 is 0 Å². The molecule has 1 radical (unpaired) electrons. The monoisotopic (exact) mass is 213 g/mol. The molecule has 0 aromatic rings. The fourth-order valence-electron chi connectivity index (χ4n) is 0.508. The Morgan fingerprint density at radius 3 is 2.27 bits per heavy atom. The molecule has 1 atom stereocenters. The van der Waals surface area contributed by atoms with Crippen LogP contribution in [-0.2, 0) is 17.1 Å². The predicted molar refractivity (Wildman–Crippen MR) is 26.8 cm³/mol. The third-order valence-electron chi connectivity index (χ3n) is 0.974. The molecule has 0 heterocycles. The molecule has 0 saturated heterocycles. The Kier molecular flexibility index (Phi) is 3.59. The number of allylic oxidation sites excluding steroid dienone is 3. The van der Waals surface area contributed by atoms with Gasteiger partial charge < -0.3 is 0 Å². The maximum absolute atomic E-state index is 12.0. The van der Waals surface area contributed by atoms with Crippen molar-refractivity contribution in [1.29, 1.82) is 0 Å². The van der Waals surface area contributed by atoms with Crippen molar-refractivity contribution >= 4 is 0 Å². The fourth-order valence-corrected chi connectivity index (χ4v) is 0.508. The molecule has 0 N–H and O–H groups in total. The number of rotatable bonds is 0. The minimum Gasteiger partial charge on any atom is -0.234 e. The number of alkyl halides is 1. The minimum atomic E-state index is -2.19. The third kappa shape index (κ3) is 2.22. The van der Waals surface area contributed by atoms with Gasteiger partial charge in [0.2, 0.25) is 5.83 Å². The van der Waals surface area contributed by atoms with E-state index in [1.807, 2.05) is 0 Å². The van der Waals surface area contributed by atoms with E-state index in [0.29, 0.717) is 0 Å². The molecule has 1 aliphatic carbocycles. The van der Waals surface area contributed by atoms with Crippen LogP contribution in [0.3, 0.4) is 0 Å². The van der Waals surface area contributed by atoms with Gasteiger partial charge in [0.05, 0.1) is 0 Å². The van der Waals surface area contributed by atoms with Crippen molar-refractivity contribution in [2.45, 2.75) is 6.17 Å². The molecule has 0 fully saturated rings. The molecule has 5 heteroatoms. The molecule has 0 aromatic carbocycles. The van der Waals surface area contributed by atoms with Gasteiger partial charge in [-0.3, -0.25) is 0 Å². The molecule has 0 aromatic heterocycles. The molecule has 0 bridgehead atoms. The molecule has 0 spiro atoms. The van der Waals surface area contributed by atoms with Crippen molar-refractivity contribution in [3.05, 3.63) is 29.3 Å². The third-order valence-corrected chi connectivity index (χ3v) is 0.974. The van der Waals surface area contributed by atoms with Crippen LogP contribution in [-0.4, -0.2) is 6.17 Å². The average molecular weight is 214 g/mol. The molecule has 0 amide bonds. The van der Waals surface area contributed by atoms with Crippen molar-refractivity contribution in [3.63, 3.8) is 0 Å². The molecule has 11 heavy (non-hydrogen) atoms. The van der Waals surface area contributed by atoms with Crippen LogP contribution < -0.4 is 0 Å². The summed E-state index contributed by atoms with van der Waals surface area (Å²) in [5, 5.41) is 0. The van der Waals surface area contributed by atoms with E-state index >= 15 is 0 Å². The number of halogens is 4. The first-order chi connectivity index (χ1) is 4.61. The second kappa shape index (κ2) is 3.77. The van der Waals surface area contributed by atoms with E-state index in [9.17, 15) is 17.6 Å². The van der Waals surface area contributed by atoms with Crippen LogP contribution in [0.15, 0.2) is 29.3 Å². The Morgan fingerprint density at radius 1 is 1.27 bits per heavy atom. The Bertz CT molecular complexity index is 249. The van der Waals surface area contributed by atoms with Crippen LogP contribution in [0, 0.1) is 0 Å². The topological polar surface area (TPSA) is 0 Å². The largest absolute Gasteiger partial charge is 0.234 e. The smallest absolute Gasteiger partial charge is 0.203 e. The molecule has 1 aliphatic rings. The van der Waals surface area contributed by atoms with Gasteiger partial charge in [-0.2, -0.15) is 8.78 Å². The summed E-state index contributed by atoms with van der Waals surface area (Å²) in [6.07, 6.45) is -1.99. The first-order valence-corrected chi connectivity index (χ1v) is 2.45. The summed E-state index contributed by atoms with van der Waals surface area (Å²) in [4.78, 5) is 0. The summed E-state index contributed by atoms with van der Waals surface area (Å²) in [6, 6.07) is 0. The van der Waals surface area contributed by atoms with E-state index < -0.39 is 23.7 Å². The van der Waals surface area contributed by atoms with Gasteiger partial charge in [0.15, 0.2) is 17.8 Å². The molecule has 0 nitrogen and oxygen atoms in total. The van der Waals surface area contributed by atoms with Gasteiger partial charge in [-0.15, -0.1) is 0 Å². The van der Waals surface area contributed by atoms with Crippen molar-refractivity contribution in [2.24, 2.45) is 0 Å². The maximum atomic E-state index is 12.0. The number of hydrogen-bond donors (Lipinski definition) is 0. The quantitative estimate of drug-likeness (QED) is 0.330. The van der Waals surface area contributed by atoms with Crippen molar-refractivity contribution < 1.29 is 34.6 Å². The summed E-state index contributed by atoms with van der Waals surface area (Å²) in [7, 11) is 0. The van der Waals surface area contributed by atoms with Crippen molar-refractivity contribution in [3.8, 4) is 0 Å². The molecule has 65 valence electrons. The van der Waals surface area contributed by atoms with Gasteiger partial charge in [0.25, 0.3) is 0 Å². The minimum absolute atomic E-state index is 0. The Balaban J connectivity index is 0.000001000. The van der Waals surface area contributed by atoms with E-state index in [4.69, 9.17) is 0 Å². The van der Waals surface area contributed by atoms with Crippen molar-refractivity contribution in [1.82, 2.24) is 0 Å². The van der Waals surface area contributed by atoms with E-state index in [1.54, 1.807) is 0 Å². The zero-order valence-corrected chi connectivity index (χ0v) is 5.91. The van der Waals surface area contributed by atoms with Crippen LogP contribution in [0.5, 0.6) is 0 Å². The van der Waals surface area contributed by atoms with Gasteiger partial charge in [-0.25, -0.2) is 8.78 Å². The van der Waals surface area contributed by atoms with Gasteiger partial charge in [0, 0.05) is 17.1 Å². The fraction of sp³-hybridized carbons (Fsp3) is 0.167. The summed E-state index contributed by atoms with van der Waals surface area (Å²) < 4.78 is 47.9. The van der Waals surface area contributed by atoms with E-state index in [0.717, 1.165) is 0 Å². The van der Waals surface area contributed by atoms with Crippen molar-refractivity contribution in [2.75, 3.05) is 0 Å². The first-order valence-electron chi connectivity index (χ1n) is 2.45. The van der Waals surface area contributed by atoms with Gasteiger partial charge in [0.1, 0.15) is 0 Å². The SMILES string of the molecule is FC1=C=C(F)C(F)C=C1F.[Cu]. The first kappa shape index (κ1) is 10.5. The number of hydrogen-bond acceptors (Lipinski definition) is 0. The van der Waals surface area contributed by atoms with Gasteiger partial charge in [-0.05, 0) is 11.8 Å². The molecular weight excluding hydrogens is 212 g/mol. The van der Waals surface area contributed by atoms with Crippen LogP contribution in [0.2, 0.25) is 0 Å². The van der Waals surface area contributed by atoms with E-state index in [1.165, 1.54) is 5.73 Å². The maximum Gasteiger partial charge on any atom is 0.203 e. The standard InChI is InChI=1S/C6H2F4.Cu/c7-3-1-4(8)6(10)2-5(3)9;/h1,3H;. The zero-order chi connectivity index (χ0) is 7.72. The molecule has 1 rings (SSSR count). The molecular formula is C6H2CuF4. The van der Waals surface area contributed by atoms with E-state index in [2.05, 4.69) is 0 Å². The Hall–Kier alpha value is -0.501. The predicted octanol–water partition coefficient (Wildman–Crippen LogP) is 2.49. The second-order valence-corrected chi connectivity index (χ2v) is 1.70. The molecule has 0 saturated carbocycles. The zero-order valence-electron chi connectivity index (χ0n) is 4.97. The Labute approximate surface area is 70.7 Å².